The molecule has 2 saturated carbocycles. The number of halogens is 2. The maximum absolute atomic E-state index is 15.0. The van der Waals surface area contributed by atoms with Crippen LogP contribution in [0.2, 0.25) is 0 Å². The number of aromatic nitrogens is 3. The Bertz CT molecular complexity index is 1950. The van der Waals surface area contributed by atoms with Crippen molar-refractivity contribution in [3.05, 3.63) is 106 Å². The quantitative estimate of drug-likeness (QED) is 0.128. The van der Waals surface area contributed by atoms with E-state index in [2.05, 4.69) is 4.98 Å². The molecule has 7 nitrogen and oxygen atoms in total. The number of hydrogen-bond donors (Lipinski definition) is 2. The zero-order chi connectivity index (χ0) is 30.5. The van der Waals surface area contributed by atoms with Crippen molar-refractivity contribution in [2.24, 2.45) is 11.1 Å². The van der Waals surface area contributed by atoms with E-state index >= 15 is 0 Å². The van der Waals surface area contributed by atoms with Gasteiger partial charge >= 0.3 is 5.97 Å². The van der Waals surface area contributed by atoms with E-state index in [4.69, 9.17) is 10.2 Å². The van der Waals surface area contributed by atoms with Crippen molar-refractivity contribution in [3.63, 3.8) is 0 Å². The predicted octanol–water partition coefficient (Wildman–Crippen LogP) is 6.99. The monoisotopic (exact) mass is 631 g/mol. The summed E-state index contributed by atoms with van der Waals surface area (Å²) in [4.78, 5) is 16.0. The van der Waals surface area contributed by atoms with E-state index in [-0.39, 0.29) is 16.4 Å². The van der Waals surface area contributed by atoms with E-state index in [9.17, 15) is 22.9 Å². The molecule has 1 atom stereocenters. The first-order valence-electron chi connectivity index (χ1n) is 14.5. The highest BCUT2D eigenvalue weighted by molar-refractivity contribution is 7.82. The maximum atomic E-state index is 15.0. The Kier molecular flexibility index (Phi) is 7.47. The topological polar surface area (TPSA) is 111 Å². The molecule has 3 aromatic carbocycles. The third kappa shape index (κ3) is 5.74. The highest BCUT2D eigenvalue weighted by Gasteiger charge is 2.30. The zero-order valence-electron chi connectivity index (χ0n) is 23.5. The molecule has 0 saturated heterocycles. The number of nitrogens with zero attached hydrogens (tertiary/aromatic N) is 3. The third-order valence-corrected chi connectivity index (χ3v) is 9.93. The summed E-state index contributed by atoms with van der Waals surface area (Å²) < 4.78 is 43.4. The van der Waals surface area contributed by atoms with Crippen LogP contribution in [0.1, 0.15) is 64.5 Å². The fourth-order valence-corrected chi connectivity index (χ4v) is 6.92. The van der Waals surface area contributed by atoms with Crippen LogP contribution in [-0.4, -0.2) is 25.8 Å². The molecule has 0 bridgehead atoms. The first-order valence-corrected chi connectivity index (χ1v) is 16.7. The van der Waals surface area contributed by atoms with Gasteiger partial charge in [-0.2, -0.15) is 5.10 Å². The van der Waals surface area contributed by atoms with Gasteiger partial charge in [-0.25, -0.2) is 23.2 Å². The van der Waals surface area contributed by atoms with Crippen molar-refractivity contribution < 1.29 is 22.9 Å². The van der Waals surface area contributed by atoms with Gasteiger partial charge in [0.2, 0.25) is 10.0 Å². The number of benzene rings is 3. The fraction of sp³-hybridized carbons (Fsp3) is 0.242. The SMILES string of the molecule is N[SH+](=O)c1ccc(Cc2c(-c3cccc(-c4ccc(C5CC5)c(F)c4)c3)nn(-c3nc(C(=O)O)cs3)c2CC2CC2)cc1F. The first-order chi connectivity index (χ1) is 21.2. The van der Waals surface area contributed by atoms with Crippen molar-refractivity contribution in [1.29, 1.82) is 0 Å². The predicted molar refractivity (Wildman–Crippen MR) is 167 cm³/mol. The molecule has 7 rings (SSSR count). The van der Waals surface area contributed by atoms with Gasteiger partial charge in [-0.05, 0) is 90.5 Å². The van der Waals surface area contributed by atoms with Gasteiger partial charge in [-0.3, -0.25) is 0 Å². The molecule has 11 heteroatoms. The van der Waals surface area contributed by atoms with Crippen molar-refractivity contribution in [2.45, 2.75) is 49.3 Å². The molecule has 3 N–H and O–H groups in total. The third-order valence-electron chi connectivity index (χ3n) is 8.28. The van der Waals surface area contributed by atoms with Gasteiger partial charge in [-0.15, -0.1) is 16.5 Å². The second-order valence-corrected chi connectivity index (χ2v) is 13.5. The summed E-state index contributed by atoms with van der Waals surface area (Å²) in [5.74, 6) is -1.19. The van der Waals surface area contributed by atoms with Crippen LogP contribution in [0.5, 0.6) is 0 Å². The molecule has 0 radical (unpaired) electrons. The maximum Gasteiger partial charge on any atom is 0.355 e. The Morgan fingerprint density at radius 3 is 2.43 bits per heavy atom. The summed E-state index contributed by atoms with van der Waals surface area (Å²) in [6.07, 6.45) is 5.20. The van der Waals surface area contributed by atoms with Crippen molar-refractivity contribution >= 4 is 28.3 Å². The standard InChI is InChI=1S/C33H28F2N4O3S2/c34-26-16-22(9-10-24(26)20-7-8-20)21-2-1-3-23(15-21)31-25(12-19-6-11-30(44(36)42)27(35)13-19)29(14-18-4-5-18)39(38-31)33-37-28(17-43-33)32(40)41/h1-3,6,9-11,13,15-18,20H,4-5,7-8,12,14H2,(H2,36,42)(H,40,41)/p+1. The average molecular weight is 632 g/mol. The van der Waals surface area contributed by atoms with E-state index < -0.39 is 22.8 Å². The molecule has 0 aliphatic heterocycles. The largest absolute Gasteiger partial charge is 0.476 e. The summed E-state index contributed by atoms with van der Waals surface area (Å²) in [5, 5.41) is 21.9. The zero-order valence-corrected chi connectivity index (χ0v) is 25.3. The molecule has 44 heavy (non-hydrogen) atoms. The highest BCUT2D eigenvalue weighted by Crippen LogP contribution is 2.42. The summed E-state index contributed by atoms with van der Waals surface area (Å²) in [6.45, 7) is 0. The molecular weight excluding hydrogens is 603 g/mol. The number of nitrogens with two attached hydrogens (primary N) is 1. The Balaban J connectivity index is 1.36. The van der Waals surface area contributed by atoms with Crippen molar-refractivity contribution in [3.8, 4) is 27.5 Å². The first kappa shape index (κ1) is 28.7. The minimum absolute atomic E-state index is 0.0329. The molecular formula is C33H29F2N4O3S2+. The van der Waals surface area contributed by atoms with Crippen LogP contribution < -0.4 is 5.14 Å². The number of thiazole rings is 1. The number of carbonyl (C=O) groups is 1. The number of carboxylic acids is 1. The Morgan fingerprint density at radius 1 is 1.00 bits per heavy atom. The van der Waals surface area contributed by atoms with Gasteiger partial charge in [0.1, 0.15) is 5.82 Å². The van der Waals surface area contributed by atoms with Crippen molar-refractivity contribution in [2.75, 3.05) is 0 Å². The van der Waals surface area contributed by atoms with Gasteiger partial charge in [0, 0.05) is 22.9 Å². The second-order valence-electron chi connectivity index (χ2n) is 11.5. The van der Waals surface area contributed by atoms with Gasteiger partial charge < -0.3 is 5.11 Å². The molecule has 1 unspecified atom stereocenters. The smallest absolute Gasteiger partial charge is 0.355 e. The number of thiol groups is 1. The molecule has 5 aromatic rings. The molecule has 2 fully saturated rings. The lowest BCUT2D eigenvalue weighted by molar-refractivity contribution is 0.0691. The molecule has 224 valence electrons. The second kappa shape index (κ2) is 11.5. The Hall–Kier alpha value is -4.06. The van der Waals surface area contributed by atoms with Gasteiger partial charge in [0.15, 0.2) is 22.5 Å². The van der Waals surface area contributed by atoms with Crippen LogP contribution in [0, 0.1) is 17.6 Å². The van der Waals surface area contributed by atoms with E-state index in [1.54, 1.807) is 16.8 Å². The lowest BCUT2D eigenvalue weighted by Gasteiger charge is -2.10. The number of hydrogen-bond acceptors (Lipinski definition) is 5. The van der Waals surface area contributed by atoms with Crippen LogP contribution >= 0.6 is 11.3 Å². The van der Waals surface area contributed by atoms with E-state index in [1.807, 2.05) is 36.4 Å². The number of aromatic carboxylic acids is 1. The molecule has 2 heterocycles. The summed E-state index contributed by atoms with van der Waals surface area (Å²) in [6, 6.07) is 17.7. The molecule has 2 aliphatic carbocycles. The van der Waals surface area contributed by atoms with Crippen LogP contribution in [0.4, 0.5) is 8.78 Å². The Labute approximate surface area is 259 Å². The van der Waals surface area contributed by atoms with Crippen LogP contribution in [0.15, 0.2) is 70.9 Å². The fourth-order valence-electron chi connectivity index (χ4n) is 5.65. The summed E-state index contributed by atoms with van der Waals surface area (Å²) >= 11 is 1.19. The van der Waals surface area contributed by atoms with Gasteiger partial charge in [0.05, 0.1) is 11.4 Å². The normalized spacial score (nSPS) is 15.4. The van der Waals surface area contributed by atoms with Gasteiger partial charge in [-0.1, -0.05) is 40.6 Å². The van der Waals surface area contributed by atoms with Crippen LogP contribution in [0.3, 0.4) is 0 Å². The lowest BCUT2D eigenvalue weighted by Crippen LogP contribution is -2.07. The van der Waals surface area contributed by atoms with Crippen LogP contribution in [0.25, 0.3) is 27.5 Å². The Morgan fingerprint density at radius 2 is 1.77 bits per heavy atom. The molecule has 0 amide bonds. The van der Waals surface area contributed by atoms with E-state index in [0.29, 0.717) is 41.1 Å². The average Bonchev–Trinajstić information content (AvgIpc) is 3.93. The van der Waals surface area contributed by atoms with Gasteiger partial charge in [0.25, 0.3) is 0 Å². The minimum atomic E-state index is -2.32. The minimum Gasteiger partial charge on any atom is -0.476 e. The summed E-state index contributed by atoms with van der Waals surface area (Å²) in [5.41, 5.74) is 6.13. The highest BCUT2D eigenvalue weighted by atomic mass is 32.2. The van der Waals surface area contributed by atoms with E-state index in [0.717, 1.165) is 59.2 Å². The number of rotatable bonds is 10. The molecule has 0 spiro atoms. The summed E-state index contributed by atoms with van der Waals surface area (Å²) in [7, 11) is -2.32. The number of carboxylic acid groups (broad SMARTS) is 1. The lowest BCUT2D eigenvalue weighted by atomic mass is 9.94. The molecule has 2 aliphatic rings. The van der Waals surface area contributed by atoms with Crippen LogP contribution in [-0.2, 0) is 28.0 Å². The van der Waals surface area contributed by atoms with E-state index in [1.165, 1.54) is 28.8 Å². The molecule has 2 aromatic heterocycles. The van der Waals surface area contributed by atoms with Crippen molar-refractivity contribution in [1.82, 2.24) is 14.8 Å².